The van der Waals surface area contributed by atoms with E-state index < -0.39 is 18.1 Å². The van der Waals surface area contributed by atoms with Gasteiger partial charge in [0.15, 0.2) is 0 Å². The number of fused-ring (bicyclic) bond motifs is 3. The Morgan fingerprint density at radius 2 is 1.53 bits per heavy atom. The summed E-state index contributed by atoms with van der Waals surface area (Å²) in [7, 11) is 0. The number of amides is 1. The molecule has 3 aromatic carbocycles. The molecule has 1 atom stereocenters. The molecule has 0 radical (unpaired) electrons. The third-order valence-electron chi connectivity index (χ3n) is 6.56. The number of unbranched alkanes of at least 4 members (excludes halogenated alkanes) is 3. The summed E-state index contributed by atoms with van der Waals surface area (Å²) in [4.78, 5) is 24.1. The lowest BCUT2D eigenvalue weighted by Gasteiger charge is -2.21. The van der Waals surface area contributed by atoms with Gasteiger partial charge in [-0.05, 0) is 46.4 Å². The topological polar surface area (TPSA) is 87.7 Å². The number of nitrogens with one attached hydrogen (secondary N) is 1. The third-order valence-corrected chi connectivity index (χ3v) is 6.56. The van der Waals surface area contributed by atoms with Gasteiger partial charge in [-0.15, -0.1) is 0 Å². The first kappa shape index (κ1) is 25.3. The van der Waals surface area contributed by atoms with E-state index in [0.717, 1.165) is 35.1 Å². The average molecular weight is 487 g/mol. The van der Waals surface area contributed by atoms with Crippen LogP contribution in [-0.2, 0) is 9.53 Å². The number of hydrogen-bond acceptors (Lipinski definition) is 5. The second kappa shape index (κ2) is 12.2. The highest BCUT2D eigenvalue weighted by Crippen LogP contribution is 2.44. The van der Waals surface area contributed by atoms with Crippen LogP contribution in [0.15, 0.2) is 72.8 Å². The van der Waals surface area contributed by atoms with E-state index in [9.17, 15) is 14.7 Å². The van der Waals surface area contributed by atoms with E-state index in [1.165, 1.54) is 12.8 Å². The van der Waals surface area contributed by atoms with Gasteiger partial charge in [0.05, 0.1) is 12.6 Å². The van der Waals surface area contributed by atoms with Gasteiger partial charge >= 0.3 is 6.09 Å². The lowest BCUT2D eigenvalue weighted by Crippen LogP contribution is -2.35. The number of alkyl carbamates (subject to hydrolysis) is 1. The molecule has 3 aromatic rings. The lowest BCUT2D eigenvalue weighted by molar-refractivity contribution is -0.306. The van der Waals surface area contributed by atoms with E-state index in [0.29, 0.717) is 17.9 Å². The zero-order chi connectivity index (χ0) is 25.3. The van der Waals surface area contributed by atoms with Crippen LogP contribution in [0.2, 0.25) is 0 Å². The van der Waals surface area contributed by atoms with Crippen molar-refractivity contribution in [1.82, 2.24) is 5.32 Å². The molecule has 188 valence electrons. The zero-order valence-electron chi connectivity index (χ0n) is 20.6. The summed E-state index contributed by atoms with van der Waals surface area (Å²) < 4.78 is 11.4. The Morgan fingerprint density at radius 3 is 2.14 bits per heavy atom. The minimum Gasteiger partial charge on any atom is -0.550 e. The van der Waals surface area contributed by atoms with Crippen molar-refractivity contribution in [2.24, 2.45) is 0 Å². The number of carboxylic acids is 1. The summed E-state index contributed by atoms with van der Waals surface area (Å²) in [6, 6.07) is 22.5. The summed E-state index contributed by atoms with van der Waals surface area (Å²) in [6.45, 7) is 2.96. The Bertz CT molecular complexity index is 1130. The van der Waals surface area contributed by atoms with Gasteiger partial charge in [-0.2, -0.15) is 0 Å². The summed E-state index contributed by atoms with van der Waals surface area (Å²) >= 11 is 0. The molecule has 0 aromatic heterocycles. The first-order valence-corrected chi connectivity index (χ1v) is 12.6. The molecular weight excluding hydrogens is 454 g/mol. The van der Waals surface area contributed by atoms with Crippen molar-refractivity contribution in [2.75, 3.05) is 13.2 Å². The monoisotopic (exact) mass is 486 g/mol. The molecule has 36 heavy (non-hydrogen) atoms. The maximum absolute atomic E-state index is 12.7. The highest BCUT2D eigenvalue weighted by atomic mass is 16.5. The van der Waals surface area contributed by atoms with Crippen LogP contribution in [0.3, 0.4) is 0 Å². The molecule has 0 unspecified atom stereocenters. The van der Waals surface area contributed by atoms with E-state index in [-0.39, 0.29) is 18.9 Å². The van der Waals surface area contributed by atoms with E-state index in [2.05, 4.69) is 24.4 Å². The number of hydrogen-bond donors (Lipinski definition) is 1. The van der Waals surface area contributed by atoms with Crippen molar-refractivity contribution in [3.63, 3.8) is 0 Å². The maximum atomic E-state index is 12.7. The molecule has 6 nitrogen and oxygen atoms in total. The standard InChI is InChI=1S/C30H33NO5/c1-2-3-4-9-18-35-22-16-14-21(15-17-22)28(19-29(32)33)31-30(34)36-20-27-25-12-7-5-10-23(25)24-11-6-8-13-26(24)27/h5-8,10-17,27-28H,2-4,9,18-20H2,1H3,(H,31,34)(H,32,33)/p-1/t28-/m0/s1. The van der Waals surface area contributed by atoms with Gasteiger partial charge in [-0.25, -0.2) is 4.79 Å². The fourth-order valence-corrected chi connectivity index (χ4v) is 4.72. The predicted octanol–water partition coefficient (Wildman–Crippen LogP) is 5.37. The number of carboxylic acid groups (broad SMARTS) is 1. The normalized spacial score (nSPS) is 12.9. The van der Waals surface area contributed by atoms with Crippen LogP contribution in [-0.4, -0.2) is 25.3 Å². The van der Waals surface area contributed by atoms with Crippen molar-refractivity contribution in [2.45, 2.75) is 51.0 Å². The summed E-state index contributed by atoms with van der Waals surface area (Å²) in [5, 5.41) is 14.1. The number of carbonyl (C=O) groups is 2. The molecule has 0 spiro atoms. The largest absolute Gasteiger partial charge is 0.550 e. The summed E-state index contributed by atoms with van der Waals surface area (Å²) in [5.74, 6) is -0.615. The number of rotatable bonds is 12. The van der Waals surface area contributed by atoms with Gasteiger partial charge in [0.25, 0.3) is 0 Å². The second-order valence-corrected chi connectivity index (χ2v) is 9.08. The van der Waals surface area contributed by atoms with Crippen LogP contribution in [0, 0.1) is 0 Å². The fourth-order valence-electron chi connectivity index (χ4n) is 4.72. The van der Waals surface area contributed by atoms with E-state index >= 15 is 0 Å². The van der Waals surface area contributed by atoms with Crippen molar-refractivity contribution < 1.29 is 24.2 Å². The van der Waals surface area contributed by atoms with Crippen LogP contribution >= 0.6 is 0 Å². The Morgan fingerprint density at radius 1 is 0.889 bits per heavy atom. The fraction of sp³-hybridized carbons (Fsp3) is 0.333. The first-order valence-electron chi connectivity index (χ1n) is 12.6. The average Bonchev–Trinajstić information content (AvgIpc) is 3.21. The Kier molecular flexibility index (Phi) is 8.61. The van der Waals surface area contributed by atoms with Gasteiger partial charge in [-0.3, -0.25) is 0 Å². The van der Waals surface area contributed by atoms with Gasteiger partial charge < -0.3 is 24.7 Å². The van der Waals surface area contributed by atoms with E-state index in [1.54, 1.807) is 24.3 Å². The van der Waals surface area contributed by atoms with Gasteiger partial charge in [-0.1, -0.05) is 86.8 Å². The van der Waals surface area contributed by atoms with Crippen LogP contribution in [0.4, 0.5) is 4.79 Å². The van der Waals surface area contributed by atoms with Gasteiger partial charge in [0.2, 0.25) is 0 Å². The molecule has 0 saturated heterocycles. The molecule has 0 aliphatic heterocycles. The maximum Gasteiger partial charge on any atom is 0.407 e. The molecule has 1 aliphatic rings. The number of benzene rings is 3. The van der Waals surface area contributed by atoms with Crippen molar-refractivity contribution in [1.29, 1.82) is 0 Å². The number of carbonyl (C=O) groups excluding carboxylic acids is 2. The number of aliphatic carboxylic acids is 1. The molecule has 0 saturated carbocycles. The number of ether oxygens (including phenoxy) is 2. The molecule has 6 heteroatoms. The van der Waals surface area contributed by atoms with Crippen LogP contribution in [0.25, 0.3) is 11.1 Å². The molecule has 4 rings (SSSR count). The Hall–Kier alpha value is -3.80. The van der Waals surface area contributed by atoms with Gasteiger partial charge in [0, 0.05) is 18.3 Å². The molecule has 1 amide bonds. The molecule has 1 N–H and O–H groups in total. The van der Waals surface area contributed by atoms with Crippen LogP contribution in [0.5, 0.6) is 5.75 Å². The molecule has 0 heterocycles. The quantitative estimate of drug-likeness (QED) is 0.348. The Labute approximate surface area is 212 Å². The van der Waals surface area contributed by atoms with Crippen molar-refractivity contribution in [3.05, 3.63) is 89.5 Å². The molecule has 0 bridgehead atoms. The van der Waals surface area contributed by atoms with Crippen molar-refractivity contribution >= 4 is 12.1 Å². The predicted molar refractivity (Wildman–Crippen MR) is 137 cm³/mol. The SMILES string of the molecule is CCCCCCOc1ccc([C@H](CC(=O)[O-])NC(=O)OCC2c3ccccc3-c3ccccc32)cc1. The third kappa shape index (κ3) is 6.25. The lowest BCUT2D eigenvalue weighted by atomic mass is 9.98. The molecule has 1 aliphatic carbocycles. The minimum absolute atomic E-state index is 0.0727. The van der Waals surface area contributed by atoms with E-state index in [4.69, 9.17) is 9.47 Å². The molecule has 0 fully saturated rings. The summed E-state index contributed by atoms with van der Waals surface area (Å²) in [5.41, 5.74) is 5.16. The van der Waals surface area contributed by atoms with E-state index in [1.807, 2.05) is 36.4 Å². The molecular formula is C30H32NO5-. The Balaban J connectivity index is 1.37. The van der Waals surface area contributed by atoms with Crippen molar-refractivity contribution in [3.8, 4) is 16.9 Å². The minimum atomic E-state index is -1.25. The highest BCUT2D eigenvalue weighted by molar-refractivity contribution is 5.79. The van der Waals surface area contributed by atoms with Crippen LogP contribution in [0.1, 0.15) is 67.7 Å². The highest BCUT2D eigenvalue weighted by Gasteiger charge is 2.29. The van der Waals surface area contributed by atoms with Gasteiger partial charge in [0.1, 0.15) is 12.4 Å². The zero-order valence-corrected chi connectivity index (χ0v) is 20.6. The smallest absolute Gasteiger partial charge is 0.407 e. The van der Waals surface area contributed by atoms with Crippen LogP contribution < -0.4 is 15.2 Å². The summed E-state index contributed by atoms with van der Waals surface area (Å²) in [6.07, 6.45) is 3.46. The second-order valence-electron chi connectivity index (χ2n) is 9.08. The first-order chi connectivity index (χ1) is 17.6.